The summed E-state index contributed by atoms with van der Waals surface area (Å²) in [5.41, 5.74) is 2.41. The number of carbonyl (C=O) groups is 1. The largest absolute Gasteiger partial charge is 0.339 e. The van der Waals surface area contributed by atoms with Crippen LogP contribution in [0.1, 0.15) is 54.4 Å². The molecule has 0 aromatic carbocycles. The summed E-state index contributed by atoms with van der Waals surface area (Å²) in [6.45, 7) is 6.07. The first-order chi connectivity index (χ1) is 8.50. The summed E-state index contributed by atoms with van der Waals surface area (Å²) in [4.78, 5) is 14.4. The third-order valence-corrected chi connectivity index (χ3v) is 4.12. The Morgan fingerprint density at radius 3 is 2.67 bits per heavy atom. The molecule has 1 N–H and O–H groups in total. The van der Waals surface area contributed by atoms with Crippen LogP contribution in [0.3, 0.4) is 0 Å². The molecule has 1 fully saturated rings. The van der Waals surface area contributed by atoms with Gasteiger partial charge in [0.15, 0.2) is 0 Å². The van der Waals surface area contributed by atoms with Gasteiger partial charge in [-0.1, -0.05) is 19.8 Å². The zero-order chi connectivity index (χ0) is 13.3. The van der Waals surface area contributed by atoms with Crippen molar-refractivity contribution in [3.8, 4) is 0 Å². The van der Waals surface area contributed by atoms with Crippen molar-refractivity contribution in [2.24, 2.45) is 5.92 Å². The van der Waals surface area contributed by atoms with Gasteiger partial charge in [-0.2, -0.15) is 5.10 Å². The smallest absolute Gasteiger partial charge is 0.257 e. The maximum atomic E-state index is 12.5. The minimum absolute atomic E-state index is 0.109. The number of carbonyl (C=O) groups excluding carboxylic acids is 1. The first kappa shape index (κ1) is 13.1. The third-order valence-electron chi connectivity index (χ3n) is 4.12. The molecular weight excluding hydrogens is 226 g/mol. The highest BCUT2D eigenvalue weighted by Crippen LogP contribution is 2.28. The Bertz CT molecular complexity index is 419. The molecular formula is C14H23N3O. The van der Waals surface area contributed by atoms with Gasteiger partial charge in [0.25, 0.3) is 5.91 Å². The van der Waals surface area contributed by atoms with Crippen molar-refractivity contribution in [1.82, 2.24) is 15.1 Å². The number of aryl methyl sites for hydroxylation is 2. The Morgan fingerprint density at radius 2 is 2.11 bits per heavy atom. The van der Waals surface area contributed by atoms with E-state index < -0.39 is 0 Å². The van der Waals surface area contributed by atoms with Crippen molar-refractivity contribution >= 4 is 5.91 Å². The molecule has 0 radical (unpaired) electrons. The second-order valence-electron chi connectivity index (χ2n) is 5.65. The molecule has 1 heterocycles. The third kappa shape index (κ3) is 2.42. The Hall–Kier alpha value is -1.32. The summed E-state index contributed by atoms with van der Waals surface area (Å²) in [5, 5.41) is 6.99. The van der Waals surface area contributed by atoms with Crippen LogP contribution in [0, 0.1) is 19.8 Å². The number of nitrogens with zero attached hydrogens (tertiary/aromatic N) is 2. The van der Waals surface area contributed by atoms with Gasteiger partial charge in [-0.05, 0) is 32.6 Å². The van der Waals surface area contributed by atoms with Crippen molar-refractivity contribution in [1.29, 1.82) is 0 Å². The molecule has 18 heavy (non-hydrogen) atoms. The fourth-order valence-corrected chi connectivity index (χ4v) is 2.96. The average molecular weight is 249 g/mol. The van der Waals surface area contributed by atoms with Gasteiger partial charge < -0.3 is 4.90 Å². The Morgan fingerprint density at radius 1 is 1.39 bits per heavy atom. The monoisotopic (exact) mass is 249 g/mol. The van der Waals surface area contributed by atoms with E-state index in [9.17, 15) is 4.79 Å². The van der Waals surface area contributed by atoms with Crippen LogP contribution >= 0.6 is 0 Å². The van der Waals surface area contributed by atoms with Crippen LogP contribution in [0.2, 0.25) is 0 Å². The topological polar surface area (TPSA) is 49.0 Å². The standard InChI is InChI=1S/C14H23N3O/c1-9-6-5-7-12(8-9)17(4)14(18)13-10(2)15-16-11(13)3/h9,12H,5-8H2,1-4H3,(H,15,16). The molecule has 4 heteroatoms. The van der Waals surface area contributed by atoms with E-state index in [4.69, 9.17) is 0 Å². The molecule has 1 aromatic heterocycles. The van der Waals surface area contributed by atoms with Crippen LogP contribution in [0.15, 0.2) is 0 Å². The Labute approximate surface area is 109 Å². The predicted octanol–water partition coefficient (Wildman–Crippen LogP) is 2.68. The van der Waals surface area contributed by atoms with Gasteiger partial charge in [0.2, 0.25) is 0 Å². The number of hydrogen-bond donors (Lipinski definition) is 1. The van der Waals surface area contributed by atoms with Gasteiger partial charge in [0, 0.05) is 18.8 Å². The highest BCUT2D eigenvalue weighted by molar-refractivity contribution is 5.96. The molecule has 0 bridgehead atoms. The van der Waals surface area contributed by atoms with Gasteiger partial charge in [0.1, 0.15) is 0 Å². The van der Waals surface area contributed by atoms with Crippen molar-refractivity contribution in [3.05, 3.63) is 17.0 Å². The lowest BCUT2D eigenvalue weighted by atomic mass is 9.86. The molecule has 1 amide bonds. The van der Waals surface area contributed by atoms with Gasteiger partial charge in [0.05, 0.1) is 11.3 Å². The summed E-state index contributed by atoms with van der Waals surface area (Å²) in [6.07, 6.45) is 4.77. The van der Waals surface area contributed by atoms with Crippen LogP contribution in [0.25, 0.3) is 0 Å². The summed E-state index contributed by atoms with van der Waals surface area (Å²) in [5.74, 6) is 0.836. The maximum absolute atomic E-state index is 12.5. The molecule has 2 atom stereocenters. The molecule has 1 aliphatic carbocycles. The van der Waals surface area contributed by atoms with Crippen LogP contribution in [-0.2, 0) is 0 Å². The lowest BCUT2D eigenvalue weighted by Crippen LogP contribution is -2.40. The summed E-state index contributed by atoms with van der Waals surface area (Å²) in [6, 6.07) is 0.384. The molecule has 4 nitrogen and oxygen atoms in total. The van der Waals surface area contributed by atoms with Gasteiger partial charge in [-0.15, -0.1) is 0 Å². The maximum Gasteiger partial charge on any atom is 0.257 e. The number of nitrogens with one attached hydrogen (secondary N) is 1. The van der Waals surface area contributed by atoms with Crippen LogP contribution < -0.4 is 0 Å². The molecule has 2 unspecified atom stereocenters. The van der Waals surface area contributed by atoms with Crippen molar-refractivity contribution < 1.29 is 4.79 Å². The number of H-pyrrole nitrogens is 1. The lowest BCUT2D eigenvalue weighted by molar-refractivity contribution is 0.0671. The SMILES string of the molecule is Cc1n[nH]c(C)c1C(=O)N(C)C1CCCC(C)C1. The van der Waals surface area contributed by atoms with E-state index in [1.807, 2.05) is 25.8 Å². The molecule has 0 aliphatic heterocycles. The fraction of sp³-hybridized carbons (Fsp3) is 0.714. The molecule has 0 spiro atoms. The van der Waals surface area contributed by atoms with Gasteiger partial charge in [-0.25, -0.2) is 0 Å². The molecule has 1 saturated carbocycles. The number of aromatic nitrogens is 2. The Kier molecular flexibility index (Phi) is 3.73. The minimum Gasteiger partial charge on any atom is -0.339 e. The van der Waals surface area contributed by atoms with E-state index >= 15 is 0 Å². The van der Waals surface area contributed by atoms with Crippen LogP contribution in [0.4, 0.5) is 0 Å². The quantitative estimate of drug-likeness (QED) is 0.876. The van der Waals surface area contributed by atoms with Crippen molar-refractivity contribution in [2.45, 2.75) is 52.5 Å². The predicted molar refractivity (Wildman–Crippen MR) is 71.6 cm³/mol. The molecule has 0 saturated heterocycles. The van der Waals surface area contributed by atoms with E-state index in [-0.39, 0.29) is 5.91 Å². The normalized spacial score (nSPS) is 24.0. The lowest BCUT2D eigenvalue weighted by Gasteiger charge is -2.34. The molecule has 1 aromatic rings. The summed E-state index contributed by atoms with van der Waals surface area (Å²) in [7, 11) is 1.93. The molecule has 1 aliphatic rings. The van der Waals surface area contributed by atoms with Crippen molar-refractivity contribution in [3.63, 3.8) is 0 Å². The average Bonchev–Trinajstić information content (AvgIpc) is 2.67. The zero-order valence-corrected chi connectivity index (χ0v) is 11.8. The van der Waals surface area contributed by atoms with E-state index in [2.05, 4.69) is 17.1 Å². The van der Waals surface area contributed by atoms with E-state index in [0.717, 1.165) is 35.7 Å². The number of aromatic amines is 1. The van der Waals surface area contributed by atoms with Crippen LogP contribution in [0.5, 0.6) is 0 Å². The van der Waals surface area contributed by atoms with E-state index in [0.29, 0.717) is 6.04 Å². The molecule has 2 rings (SSSR count). The van der Waals surface area contributed by atoms with E-state index in [1.54, 1.807) is 0 Å². The highest BCUT2D eigenvalue weighted by atomic mass is 16.2. The minimum atomic E-state index is 0.109. The number of rotatable bonds is 2. The highest BCUT2D eigenvalue weighted by Gasteiger charge is 2.28. The van der Waals surface area contributed by atoms with Gasteiger partial charge in [-0.3, -0.25) is 9.89 Å². The van der Waals surface area contributed by atoms with Crippen LogP contribution in [-0.4, -0.2) is 34.1 Å². The fourth-order valence-electron chi connectivity index (χ4n) is 2.96. The first-order valence-electron chi connectivity index (χ1n) is 6.79. The second kappa shape index (κ2) is 5.12. The number of amides is 1. The second-order valence-corrected chi connectivity index (χ2v) is 5.65. The van der Waals surface area contributed by atoms with E-state index in [1.165, 1.54) is 12.8 Å². The molecule has 100 valence electrons. The van der Waals surface area contributed by atoms with Gasteiger partial charge >= 0.3 is 0 Å². The Balaban J connectivity index is 2.13. The summed E-state index contributed by atoms with van der Waals surface area (Å²) < 4.78 is 0. The first-order valence-corrected chi connectivity index (χ1v) is 6.79. The van der Waals surface area contributed by atoms with Crippen molar-refractivity contribution in [2.75, 3.05) is 7.05 Å². The number of hydrogen-bond acceptors (Lipinski definition) is 2. The summed E-state index contributed by atoms with van der Waals surface area (Å²) >= 11 is 0. The zero-order valence-electron chi connectivity index (χ0n) is 11.8.